The first-order chi connectivity index (χ1) is 9.36. The van der Waals surface area contributed by atoms with Crippen molar-refractivity contribution in [2.45, 2.75) is 38.8 Å². The van der Waals surface area contributed by atoms with Crippen LogP contribution < -0.4 is 10.6 Å². The normalized spacial score (nSPS) is 12.8. The Morgan fingerprint density at radius 2 is 1.85 bits per heavy atom. The van der Waals surface area contributed by atoms with Gasteiger partial charge in [0.15, 0.2) is 0 Å². The first kappa shape index (κ1) is 16.2. The molecule has 1 aromatic rings. The number of likely N-dealkylation sites (N-methyl/N-ethyl adjacent to an activating group) is 1. The van der Waals surface area contributed by atoms with E-state index in [0.29, 0.717) is 6.54 Å². The first-order valence-electron chi connectivity index (χ1n) is 6.69. The molecule has 5 heteroatoms. The van der Waals surface area contributed by atoms with Crippen LogP contribution in [0.25, 0.3) is 0 Å². The van der Waals surface area contributed by atoms with Crippen LogP contribution in [0.3, 0.4) is 0 Å². The second kappa shape index (κ2) is 7.05. The third kappa shape index (κ3) is 4.66. The molecule has 20 heavy (non-hydrogen) atoms. The van der Waals surface area contributed by atoms with Crippen LogP contribution in [-0.4, -0.2) is 35.1 Å². The average molecular weight is 278 g/mol. The Morgan fingerprint density at radius 3 is 2.35 bits per heavy atom. The molecular weight excluding hydrogens is 256 g/mol. The van der Waals surface area contributed by atoms with Gasteiger partial charge in [0.25, 0.3) is 0 Å². The van der Waals surface area contributed by atoms with Crippen molar-refractivity contribution in [2.24, 2.45) is 0 Å². The van der Waals surface area contributed by atoms with E-state index in [2.05, 4.69) is 10.6 Å². The molecule has 0 heterocycles. The Balaban J connectivity index is 2.73. The highest BCUT2D eigenvalue weighted by Crippen LogP contribution is 2.07. The summed E-state index contributed by atoms with van der Waals surface area (Å²) < 4.78 is 0. The van der Waals surface area contributed by atoms with Crippen molar-refractivity contribution in [3.05, 3.63) is 35.9 Å². The lowest BCUT2D eigenvalue weighted by molar-refractivity contribution is -0.142. The van der Waals surface area contributed by atoms with Crippen LogP contribution >= 0.6 is 0 Å². The molecule has 1 rings (SSSR count). The van der Waals surface area contributed by atoms with Gasteiger partial charge in [-0.05, 0) is 26.0 Å². The molecule has 0 unspecified atom stereocenters. The Bertz CT molecular complexity index is 457. The summed E-state index contributed by atoms with van der Waals surface area (Å²) in [6.45, 7) is 5.99. The van der Waals surface area contributed by atoms with Gasteiger partial charge < -0.3 is 15.7 Å². The Kier molecular flexibility index (Phi) is 5.70. The molecule has 0 aliphatic rings. The van der Waals surface area contributed by atoms with Crippen molar-refractivity contribution >= 4 is 11.9 Å². The van der Waals surface area contributed by atoms with Gasteiger partial charge in [-0.15, -0.1) is 0 Å². The highest BCUT2D eigenvalue weighted by Gasteiger charge is 2.30. The number of carbonyl (C=O) groups is 2. The van der Waals surface area contributed by atoms with E-state index in [9.17, 15) is 14.7 Å². The Labute approximate surface area is 119 Å². The average Bonchev–Trinajstić information content (AvgIpc) is 2.38. The Morgan fingerprint density at radius 1 is 1.25 bits per heavy atom. The van der Waals surface area contributed by atoms with Gasteiger partial charge in [0.2, 0.25) is 5.91 Å². The molecule has 0 saturated carbocycles. The molecule has 1 aromatic carbocycles. The number of benzene rings is 1. The lowest BCUT2D eigenvalue weighted by atomic mass is 10.0. The smallest absolute Gasteiger partial charge is 0.326 e. The lowest BCUT2D eigenvalue weighted by Gasteiger charge is -2.26. The maximum atomic E-state index is 12.1. The summed E-state index contributed by atoms with van der Waals surface area (Å²) >= 11 is 0. The van der Waals surface area contributed by atoms with Gasteiger partial charge in [-0.25, -0.2) is 4.79 Å². The second-order valence-electron chi connectivity index (χ2n) is 5.21. The van der Waals surface area contributed by atoms with Crippen molar-refractivity contribution in [1.29, 1.82) is 0 Å². The van der Waals surface area contributed by atoms with Crippen LogP contribution in [0, 0.1) is 0 Å². The quantitative estimate of drug-likeness (QED) is 0.700. The highest BCUT2D eigenvalue weighted by atomic mass is 16.4. The largest absolute Gasteiger partial charge is 0.480 e. The molecule has 0 bridgehead atoms. The van der Waals surface area contributed by atoms with Gasteiger partial charge in [-0.1, -0.05) is 37.3 Å². The molecule has 0 fully saturated rings. The molecule has 110 valence electrons. The van der Waals surface area contributed by atoms with E-state index >= 15 is 0 Å². The number of aliphatic carboxylic acids is 1. The van der Waals surface area contributed by atoms with E-state index < -0.39 is 17.6 Å². The van der Waals surface area contributed by atoms with E-state index in [1.54, 1.807) is 13.8 Å². The van der Waals surface area contributed by atoms with Crippen molar-refractivity contribution in [1.82, 2.24) is 10.6 Å². The third-order valence-electron chi connectivity index (χ3n) is 3.07. The molecule has 0 radical (unpaired) electrons. The molecule has 3 N–H and O–H groups in total. The van der Waals surface area contributed by atoms with E-state index in [0.717, 1.165) is 5.56 Å². The predicted molar refractivity (Wildman–Crippen MR) is 77.5 cm³/mol. The molecule has 5 nitrogen and oxygen atoms in total. The zero-order chi connectivity index (χ0) is 15.2. The SMILES string of the molecule is CCNC(C)(C)C(=O)N[C@@H](Cc1ccccc1)C(=O)O. The maximum Gasteiger partial charge on any atom is 0.326 e. The van der Waals surface area contributed by atoms with Gasteiger partial charge >= 0.3 is 5.97 Å². The summed E-state index contributed by atoms with van der Waals surface area (Å²) in [5.41, 5.74) is 0.0838. The van der Waals surface area contributed by atoms with Gasteiger partial charge in [0, 0.05) is 6.42 Å². The number of rotatable bonds is 7. The van der Waals surface area contributed by atoms with Gasteiger partial charge in [0.1, 0.15) is 6.04 Å². The molecule has 1 amide bonds. The van der Waals surface area contributed by atoms with Crippen molar-refractivity contribution in [3.8, 4) is 0 Å². The van der Waals surface area contributed by atoms with Gasteiger partial charge in [-0.3, -0.25) is 4.79 Å². The molecule has 1 atom stereocenters. The fourth-order valence-corrected chi connectivity index (χ4v) is 1.91. The minimum absolute atomic E-state index is 0.268. The van der Waals surface area contributed by atoms with Crippen LogP contribution in [0.2, 0.25) is 0 Å². The van der Waals surface area contributed by atoms with E-state index in [1.807, 2.05) is 37.3 Å². The van der Waals surface area contributed by atoms with Crippen molar-refractivity contribution < 1.29 is 14.7 Å². The summed E-state index contributed by atoms with van der Waals surface area (Å²) in [6.07, 6.45) is 0.268. The predicted octanol–water partition coefficient (Wildman–Crippen LogP) is 1.19. The van der Waals surface area contributed by atoms with E-state index in [1.165, 1.54) is 0 Å². The minimum Gasteiger partial charge on any atom is -0.480 e. The monoisotopic (exact) mass is 278 g/mol. The molecule has 0 aliphatic heterocycles. The summed E-state index contributed by atoms with van der Waals surface area (Å²) in [6, 6.07) is 8.32. The number of carboxylic acids is 1. The van der Waals surface area contributed by atoms with Gasteiger partial charge in [-0.2, -0.15) is 0 Å². The second-order valence-corrected chi connectivity index (χ2v) is 5.21. The fraction of sp³-hybridized carbons (Fsp3) is 0.467. The zero-order valence-electron chi connectivity index (χ0n) is 12.1. The highest BCUT2D eigenvalue weighted by molar-refractivity contribution is 5.89. The fourth-order valence-electron chi connectivity index (χ4n) is 1.91. The third-order valence-corrected chi connectivity index (χ3v) is 3.07. The maximum absolute atomic E-state index is 12.1. The summed E-state index contributed by atoms with van der Waals surface area (Å²) in [4.78, 5) is 23.4. The number of nitrogens with one attached hydrogen (secondary N) is 2. The van der Waals surface area contributed by atoms with Crippen molar-refractivity contribution in [2.75, 3.05) is 6.54 Å². The Hall–Kier alpha value is -1.88. The molecule has 0 aromatic heterocycles. The summed E-state index contributed by atoms with van der Waals surface area (Å²) in [5.74, 6) is -1.35. The number of carbonyl (C=O) groups excluding carboxylic acids is 1. The lowest BCUT2D eigenvalue weighted by Crippen LogP contribution is -2.56. The van der Waals surface area contributed by atoms with Crippen LogP contribution in [-0.2, 0) is 16.0 Å². The first-order valence-corrected chi connectivity index (χ1v) is 6.69. The molecule has 0 saturated heterocycles. The summed E-state index contributed by atoms with van der Waals surface area (Å²) in [5, 5.41) is 14.9. The van der Waals surface area contributed by atoms with E-state index in [-0.39, 0.29) is 12.3 Å². The van der Waals surface area contributed by atoms with E-state index in [4.69, 9.17) is 0 Å². The van der Waals surface area contributed by atoms with Crippen LogP contribution in [0.1, 0.15) is 26.3 Å². The number of hydrogen-bond donors (Lipinski definition) is 3. The zero-order valence-corrected chi connectivity index (χ0v) is 12.1. The molecule has 0 spiro atoms. The standard InChI is InChI=1S/C15H22N2O3/c1-4-16-15(2,3)14(20)17-12(13(18)19)10-11-8-6-5-7-9-11/h5-9,12,16H,4,10H2,1-3H3,(H,17,20)(H,18,19)/t12-/m0/s1. The van der Waals surface area contributed by atoms with Crippen LogP contribution in [0.15, 0.2) is 30.3 Å². The number of amides is 1. The number of hydrogen-bond acceptors (Lipinski definition) is 3. The van der Waals surface area contributed by atoms with Crippen molar-refractivity contribution in [3.63, 3.8) is 0 Å². The van der Waals surface area contributed by atoms with Gasteiger partial charge in [0.05, 0.1) is 5.54 Å². The molecule has 0 aliphatic carbocycles. The van der Waals surface area contributed by atoms with Crippen LogP contribution in [0.4, 0.5) is 0 Å². The van der Waals surface area contributed by atoms with Crippen LogP contribution in [0.5, 0.6) is 0 Å². The summed E-state index contributed by atoms with van der Waals surface area (Å²) in [7, 11) is 0. The minimum atomic E-state index is -1.03. The topological polar surface area (TPSA) is 78.4 Å². The molecular formula is C15H22N2O3. The number of carboxylic acid groups (broad SMARTS) is 1.